The maximum atomic E-state index is 10.3. The van der Waals surface area contributed by atoms with Gasteiger partial charge in [-0.1, -0.05) is 37.6 Å². The molecule has 70 valence electrons. The van der Waals surface area contributed by atoms with Gasteiger partial charge in [-0.3, -0.25) is 10.1 Å². The quantitative estimate of drug-likeness (QED) is 0.526. The van der Waals surface area contributed by atoms with E-state index >= 15 is 0 Å². The van der Waals surface area contributed by atoms with Crippen molar-refractivity contribution in [1.82, 2.24) is 0 Å². The highest BCUT2D eigenvalue weighted by molar-refractivity contribution is 5.26. The van der Waals surface area contributed by atoms with Gasteiger partial charge in [0.2, 0.25) is 6.54 Å². The van der Waals surface area contributed by atoms with E-state index in [1.54, 1.807) is 0 Å². The summed E-state index contributed by atoms with van der Waals surface area (Å²) in [7, 11) is 0. The zero-order valence-corrected chi connectivity index (χ0v) is 7.69. The number of benzene rings is 1. The molecule has 1 aromatic rings. The molecule has 3 nitrogen and oxygen atoms in total. The highest BCUT2D eigenvalue weighted by Gasteiger charge is 2.05. The zero-order chi connectivity index (χ0) is 9.68. The second kappa shape index (κ2) is 4.60. The van der Waals surface area contributed by atoms with Crippen LogP contribution in [0, 0.1) is 10.1 Å². The molecule has 0 spiro atoms. The lowest BCUT2D eigenvalue weighted by Gasteiger charge is -2.03. The number of hydrogen-bond acceptors (Lipinski definition) is 2. The third kappa shape index (κ3) is 2.86. The van der Waals surface area contributed by atoms with E-state index in [4.69, 9.17) is 0 Å². The van der Waals surface area contributed by atoms with Crippen molar-refractivity contribution in [2.45, 2.75) is 26.3 Å². The highest BCUT2D eigenvalue weighted by atomic mass is 16.6. The molecule has 0 amide bonds. The van der Waals surface area contributed by atoms with E-state index in [0.29, 0.717) is 0 Å². The molecule has 0 aliphatic heterocycles. The van der Waals surface area contributed by atoms with Crippen LogP contribution >= 0.6 is 0 Å². The van der Waals surface area contributed by atoms with E-state index in [2.05, 4.69) is 6.92 Å². The van der Waals surface area contributed by atoms with Gasteiger partial charge in [0.1, 0.15) is 0 Å². The standard InChI is InChI=1S/C10H13NO2/c1-2-5-9-6-3-4-7-10(9)8-11(12)13/h3-4,6-7H,2,5,8H2,1H3. The minimum Gasteiger partial charge on any atom is -0.264 e. The average molecular weight is 179 g/mol. The largest absolute Gasteiger partial charge is 0.264 e. The van der Waals surface area contributed by atoms with Crippen LogP contribution in [0.15, 0.2) is 24.3 Å². The van der Waals surface area contributed by atoms with E-state index in [-0.39, 0.29) is 11.5 Å². The molecule has 0 unspecified atom stereocenters. The molecule has 0 atom stereocenters. The van der Waals surface area contributed by atoms with Crippen molar-refractivity contribution in [2.75, 3.05) is 0 Å². The van der Waals surface area contributed by atoms with Crippen molar-refractivity contribution in [3.05, 3.63) is 45.5 Å². The summed E-state index contributed by atoms with van der Waals surface area (Å²) in [5.41, 5.74) is 1.94. The molecule has 13 heavy (non-hydrogen) atoms. The van der Waals surface area contributed by atoms with Crippen LogP contribution in [0.2, 0.25) is 0 Å². The molecule has 0 saturated heterocycles. The first-order valence-corrected chi connectivity index (χ1v) is 4.42. The first kappa shape index (κ1) is 9.71. The number of rotatable bonds is 4. The van der Waals surface area contributed by atoms with Crippen LogP contribution in [-0.4, -0.2) is 4.92 Å². The Kier molecular flexibility index (Phi) is 3.43. The van der Waals surface area contributed by atoms with Crippen LogP contribution in [0.5, 0.6) is 0 Å². The smallest absolute Gasteiger partial charge is 0.229 e. The van der Waals surface area contributed by atoms with E-state index in [9.17, 15) is 10.1 Å². The summed E-state index contributed by atoms with van der Waals surface area (Å²) in [5.74, 6) is 0. The van der Waals surface area contributed by atoms with Gasteiger partial charge in [-0.25, -0.2) is 0 Å². The molecule has 1 rings (SSSR count). The van der Waals surface area contributed by atoms with E-state index in [0.717, 1.165) is 24.0 Å². The Hall–Kier alpha value is -1.38. The van der Waals surface area contributed by atoms with Crippen LogP contribution in [0.3, 0.4) is 0 Å². The van der Waals surface area contributed by atoms with Gasteiger partial charge >= 0.3 is 0 Å². The third-order valence-corrected chi connectivity index (χ3v) is 1.94. The van der Waals surface area contributed by atoms with Crippen molar-refractivity contribution in [3.8, 4) is 0 Å². The van der Waals surface area contributed by atoms with Crippen molar-refractivity contribution >= 4 is 0 Å². The first-order chi connectivity index (χ1) is 6.24. The van der Waals surface area contributed by atoms with Gasteiger partial charge in [0.05, 0.1) is 0 Å². The summed E-state index contributed by atoms with van der Waals surface area (Å²) in [4.78, 5) is 10.0. The summed E-state index contributed by atoms with van der Waals surface area (Å²) >= 11 is 0. The Morgan fingerprint density at radius 2 is 1.92 bits per heavy atom. The molecule has 0 aromatic heterocycles. The Labute approximate surface area is 77.5 Å². The predicted molar refractivity (Wildman–Crippen MR) is 51.1 cm³/mol. The molecule has 0 bridgehead atoms. The fraction of sp³-hybridized carbons (Fsp3) is 0.400. The van der Waals surface area contributed by atoms with Gasteiger partial charge in [-0.15, -0.1) is 0 Å². The van der Waals surface area contributed by atoms with Crippen LogP contribution in [0.25, 0.3) is 0 Å². The summed E-state index contributed by atoms with van der Waals surface area (Å²) in [6.07, 6.45) is 1.94. The van der Waals surface area contributed by atoms with E-state index in [1.165, 1.54) is 0 Å². The van der Waals surface area contributed by atoms with E-state index < -0.39 is 0 Å². The lowest BCUT2D eigenvalue weighted by Crippen LogP contribution is -2.01. The van der Waals surface area contributed by atoms with Crippen LogP contribution in [0.1, 0.15) is 24.5 Å². The van der Waals surface area contributed by atoms with Gasteiger partial charge < -0.3 is 0 Å². The topological polar surface area (TPSA) is 43.1 Å². The minimum absolute atomic E-state index is 0.0594. The van der Waals surface area contributed by atoms with Crippen LogP contribution < -0.4 is 0 Å². The van der Waals surface area contributed by atoms with Crippen LogP contribution in [-0.2, 0) is 13.0 Å². The second-order valence-corrected chi connectivity index (χ2v) is 3.01. The maximum absolute atomic E-state index is 10.3. The van der Waals surface area contributed by atoms with Crippen molar-refractivity contribution in [2.24, 2.45) is 0 Å². The average Bonchev–Trinajstić information content (AvgIpc) is 2.08. The molecule has 0 aliphatic carbocycles. The molecule has 1 aromatic carbocycles. The molecule has 3 heteroatoms. The summed E-state index contributed by atoms with van der Waals surface area (Å²) in [5, 5.41) is 10.3. The summed E-state index contributed by atoms with van der Waals surface area (Å²) in [6.45, 7) is 2.01. The number of hydrogen-bond donors (Lipinski definition) is 0. The van der Waals surface area contributed by atoms with Crippen molar-refractivity contribution < 1.29 is 4.92 Å². The highest BCUT2D eigenvalue weighted by Crippen LogP contribution is 2.11. The number of nitro groups is 1. The first-order valence-electron chi connectivity index (χ1n) is 4.42. The van der Waals surface area contributed by atoms with E-state index in [1.807, 2.05) is 24.3 Å². The molecule has 0 N–H and O–H groups in total. The Morgan fingerprint density at radius 1 is 1.31 bits per heavy atom. The van der Waals surface area contributed by atoms with Crippen LogP contribution in [0.4, 0.5) is 0 Å². The SMILES string of the molecule is CCCc1ccccc1C[N+](=O)[O-]. The molecule has 0 heterocycles. The predicted octanol–water partition coefficient (Wildman–Crippen LogP) is 2.42. The Morgan fingerprint density at radius 3 is 2.46 bits per heavy atom. The monoisotopic (exact) mass is 179 g/mol. The van der Waals surface area contributed by atoms with Gasteiger partial charge in [-0.05, 0) is 12.0 Å². The van der Waals surface area contributed by atoms with Crippen molar-refractivity contribution in [3.63, 3.8) is 0 Å². The Balaban J connectivity index is 2.84. The molecule has 0 radical (unpaired) electrons. The third-order valence-electron chi connectivity index (χ3n) is 1.94. The maximum Gasteiger partial charge on any atom is 0.229 e. The van der Waals surface area contributed by atoms with Gasteiger partial charge in [0, 0.05) is 10.5 Å². The second-order valence-electron chi connectivity index (χ2n) is 3.01. The minimum atomic E-state index is -0.283. The normalized spacial score (nSPS) is 9.92. The molecular weight excluding hydrogens is 166 g/mol. The zero-order valence-electron chi connectivity index (χ0n) is 7.69. The lowest BCUT2D eigenvalue weighted by atomic mass is 10.0. The molecule has 0 aliphatic rings. The van der Waals surface area contributed by atoms with Crippen molar-refractivity contribution in [1.29, 1.82) is 0 Å². The molecule has 0 saturated carbocycles. The Bertz CT molecular complexity index is 297. The van der Waals surface area contributed by atoms with Gasteiger partial charge in [0.25, 0.3) is 0 Å². The molecule has 0 fully saturated rings. The van der Waals surface area contributed by atoms with Gasteiger partial charge in [0.15, 0.2) is 0 Å². The summed E-state index contributed by atoms with van der Waals surface area (Å²) in [6, 6.07) is 7.56. The molecular formula is C10H13NO2. The lowest BCUT2D eigenvalue weighted by molar-refractivity contribution is -0.496. The summed E-state index contributed by atoms with van der Waals surface area (Å²) < 4.78 is 0. The fourth-order valence-corrected chi connectivity index (χ4v) is 1.36. The number of aryl methyl sites for hydroxylation is 1. The van der Waals surface area contributed by atoms with Gasteiger partial charge in [-0.2, -0.15) is 0 Å². The fourth-order valence-electron chi connectivity index (χ4n) is 1.36. The number of nitrogens with zero attached hydrogens (tertiary/aromatic N) is 1.